The Morgan fingerprint density at radius 2 is 1.81 bits per heavy atom. The summed E-state index contributed by atoms with van der Waals surface area (Å²) < 4.78 is 89.2. The summed E-state index contributed by atoms with van der Waals surface area (Å²) in [6, 6.07) is 12.0. The van der Waals surface area contributed by atoms with E-state index in [-0.39, 0.29) is 36.3 Å². The molecule has 2 N–H and O–H groups in total. The lowest BCUT2D eigenvalue weighted by molar-refractivity contribution is -0.201. The predicted molar refractivity (Wildman–Crippen MR) is 189 cm³/mol. The third-order valence-electron chi connectivity index (χ3n) is 8.65. The van der Waals surface area contributed by atoms with Crippen molar-refractivity contribution >= 4 is 46.0 Å². The zero-order valence-corrected chi connectivity index (χ0v) is 31.7. The minimum absolute atomic E-state index is 0.0606. The Morgan fingerprint density at radius 3 is 2.48 bits per heavy atom. The maximum Gasteiger partial charge on any atom is 0.357 e. The van der Waals surface area contributed by atoms with Crippen LogP contribution in [-0.2, 0) is 48.5 Å². The monoisotopic (exact) mass is 782 g/mol. The number of aromatic nitrogens is 3. The molecule has 0 amide bonds. The number of anilines is 1. The molecule has 4 aromatic rings. The largest absolute Gasteiger partial charge is 0.394 e. The van der Waals surface area contributed by atoms with E-state index in [2.05, 4.69) is 15.4 Å². The van der Waals surface area contributed by atoms with Crippen LogP contribution >= 0.6 is 19.2 Å². The number of hydrogen-bond donors (Lipinski definition) is 2. The number of pyridine rings is 1. The van der Waals surface area contributed by atoms with Crippen molar-refractivity contribution in [2.24, 2.45) is 0 Å². The number of rotatable bonds is 15. The standard InChI is InChI=1S/C34H41ClFN4O10PS/c1-6-45-51(42,46-7-2)19-47-52(43,44)23-13-11-21(12-14-23)15-22-9-8-10-24(29(22)36)20(3)38-26-16-28(35)39-32-25(26)17-37-40(32)33-31-30(27(18-41)48-33)49-34(4,5)50-31/h8-14,16-17,20,27,30-31,33,41H,6-7,15,18-19H2,1-5H3,(H,38,39)/t20-,27+,30+,31+,33+/m0/s1. The van der Waals surface area contributed by atoms with Crippen molar-refractivity contribution in [3.63, 3.8) is 0 Å². The second kappa shape index (κ2) is 15.4. The molecule has 2 aromatic carbocycles. The third kappa shape index (κ3) is 8.06. The molecule has 4 heterocycles. The first-order valence-electron chi connectivity index (χ1n) is 16.7. The molecule has 0 unspecified atom stereocenters. The van der Waals surface area contributed by atoms with E-state index in [9.17, 15) is 18.1 Å². The van der Waals surface area contributed by atoms with Crippen LogP contribution in [0.4, 0.5) is 10.1 Å². The van der Waals surface area contributed by atoms with Gasteiger partial charge in [0.25, 0.3) is 10.1 Å². The zero-order chi connectivity index (χ0) is 37.4. The molecular formula is C34H41ClFN4O10PS. The molecule has 0 bridgehead atoms. The van der Waals surface area contributed by atoms with E-state index < -0.39 is 66.2 Å². The van der Waals surface area contributed by atoms with Crippen LogP contribution in [0.1, 0.15) is 63.6 Å². The van der Waals surface area contributed by atoms with E-state index >= 15 is 4.39 Å². The highest BCUT2D eigenvalue weighted by atomic mass is 35.5. The van der Waals surface area contributed by atoms with Gasteiger partial charge in [-0.05, 0) is 63.9 Å². The lowest BCUT2D eigenvalue weighted by Crippen LogP contribution is -2.31. The van der Waals surface area contributed by atoms with E-state index in [1.165, 1.54) is 12.1 Å². The molecular weight excluding hydrogens is 742 g/mol. The topological polar surface area (TPSA) is 170 Å². The maximum absolute atomic E-state index is 16.1. The van der Waals surface area contributed by atoms with E-state index in [0.717, 1.165) is 0 Å². The quantitative estimate of drug-likeness (QED) is 0.0781. The molecule has 2 aliphatic heterocycles. The van der Waals surface area contributed by atoms with Gasteiger partial charge >= 0.3 is 7.60 Å². The van der Waals surface area contributed by atoms with Crippen molar-refractivity contribution in [2.75, 3.05) is 31.5 Å². The fourth-order valence-electron chi connectivity index (χ4n) is 6.38. The number of halogens is 2. The van der Waals surface area contributed by atoms with Gasteiger partial charge in [0.2, 0.25) is 0 Å². The van der Waals surface area contributed by atoms with Crippen LogP contribution in [-0.4, -0.2) is 78.6 Å². The number of nitrogens with zero attached hydrogens (tertiary/aromatic N) is 3. The van der Waals surface area contributed by atoms with Crippen molar-refractivity contribution in [1.29, 1.82) is 0 Å². The zero-order valence-electron chi connectivity index (χ0n) is 29.2. The molecule has 2 aliphatic rings. The van der Waals surface area contributed by atoms with Crippen LogP contribution in [0.5, 0.6) is 0 Å². The van der Waals surface area contributed by atoms with Gasteiger partial charge < -0.3 is 33.7 Å². The Hall–Kier alpha value is -3.02. The van der Waals surface area contributed by atoms with Crippen molar-refractivity contribution < 1.29 is 49.9 Å². The maximum atomic E-state index is 16.1. The van der Waals surface area contributed by atoms with Gasteiger partial charge in [-0.1, -0.05) is 41.9 Å². The summed E-state index contributed by atoms with van der Waals surface area (Å²) in [7, 11) is -8.02. The smallest absolute Gasteiger partial charge is 0.357 e. The van der Waals surface area contributed by atoms with Gasteiger partial charge in [0.15, 0.2) is 24.0 Å². The molecule has 2 aromatic heterocycles. The normalized spacial score (nSPS) is 22.2. The Bertz CT molecular complexity index is 2060. The molecule has 6 rings (SSSR count). The minimum Gasteiger partial charge on any atom is -0.394 e. The Labute approximate surface area is 306 Å². The van der Waals surface area contributed by atoms with E-state index in [1.54, 1.807) is 75.0 Å². The highest BCUT2D eigenvalue weighted by molar-refractivity contribution is 7.87. The lowest BCUT2D eigenvalue weighted by atomic mass is 9.99. The second-order valence-corrected chi connectivity index (χ2v) is 16.8. The molecule has 52 heavy (non-hydrogen) atoms. The first kappa shape index (κ1) is 38.7. The van der Waals surface area contributed by atoms with Crippen LogP contribution in [0, 0.1) is 5.82 Å². The molecule has 282 valence electrons. The van der Waals surface area contributed by atoms with Crippen LogP contribution in [0.3, 0.4) is 0 Å². The van der Waals surface area contributed by atoms with Crippen molar-refractivity contribution in [3.05, 3.63) is 82.4 Å². The van der Waals surface area contributed by atoms with E-state index in [4.69, 9.17) is 39.0 Å². The predicted octanol–water partition coefficient (Wildman–Crippen LogP) is 6.33. The summed E-state index contributed by atoms with van der Waals surface area (Å²) in [5.74, 6) is -1.31. The summed E-state index contributed by atoms with van der Waals surface area (Å²) in [6.45, 7) is 8.47. The van der Waals surface area contributed by atoms with E-state index in [1.807, 2.05) is 6.92 Å². The van der Waals surface area contributed by atoms with Gasteiger partial charge in [-0.2, -0.15) is 13.5 Å². The highest BCUT2D eigenvalue weighted by Gasteiger charge is 2.56. The van der Waals surface area contributed by atoms with Gasteiger partial charge in [0.05, 0.1) is 48.0 Å². The minimum atomic E-state index is -4.27. The fourth-order valence-corrected chi connectivity index (χ4v) is 9.26. The molecule has 18 heteroatoms. The van der Waals surface area contributed by atoms with Gasteiger partial charge in [-0.25, -0.2) is 14.1 Å². The molecule has 5 atom stereocenters. The summed E-state index contributed by atoms with van der Waals surface area (Å²) in [4.78, 5) is 4.34. The summed E-state index contributed by atoms with van der Waals surface area (Å²) in [5.41, 5.74) is 2.40. The number of fused-ring (bicyclic) bond motifs is 2. The fraction of sp³-hybridized carbons (Fsp3) is 0.471. The average Bonchev–Trinajstić information content (AvgIpc) is 3.75. The first-order valence-corrected chi connectivity index (χ1v) is 20.2. The third-order valence-corrected chi connectivity index (χ3v) is 12.0. The molecule has 0 aliphatic carbocycles. The summed E-state index contributed by atoms with van der Waals surface area (Å²) in [6.07, 6.45) is -1.39. The summed E-state index contributed by atoms with van der Waals surface area (Å²) in [5, 5.41) is 18.6. The van der Waals surface area contributed by atoms with E-state index in [0.29, 0.717) is 33.4 Å². The van der Waals surface area contributed by atoms with Crippen LogP contribution in [0.25, 0.3) is 11.0 Å². The lowest BCUT2D eigenvalue weighted by Gasteiger charge is -2.24. The van der Waals surface area contributed by atoms with Gasteiger partial charge in [-0.3, -0.25) is 8.75 Å². The van der Waals surface area contributed by atoms with Gasteiger partial charge in [-0.15, -0.1) is 0 Å². The number of nitrogens with one attached hydrogen (secondary N) is 1. The average molecular weight is 783 g/mol. The van der Waals surface area contributed by atoms with Gasteiger partial charge in [0.1, 0.15) is 29.3 Å². The number of aliphatic hydroxyl groups excluding tert-OH is 1. The Morgan fingerprint density at radius 1 is 1.12 bits per heavy atom. The highest BCUT2D eigenvalue weighted by Crippen LogP contribution is 2.48. The van der Waals surface area contributed by atoms with Crippen LogP contribution in [0.15, 0.2) is 59.6 Å². The van der Waals surface area contributed by atoms with Gasteiger partial charge in [0, 0.05) is 12.0 Å². The van der Waals surface area contributed by atoms with Crippen LogP contribution in [0.2, 0.25) is 5.15 Å². The first-order chi connectivity index (χ1) is 24.7. The number of aliphatic hydroxyl groups is 1. The molecule has 0 saturated carbocycles. The second-order valence-electron chi connectivity index (χ2n) is 12.8. The molecule has 14 nitrogen and oxygen atoms in total. The summed E-state index contributed by atoms with van der Waals surface area (Å²) >= 11 is 6.48. The molecule has 0 radical (unpaired) electrons. The molecule has 2 fully saturated rings. The SMILES string of the molecule is CCOP(=O)(COS(=O)(=O)c1ccc(Cc2cccc([C@H](C)Nc3cc(Cl)nc4c3cnn4[C@@H]3O[C@H](CO)[C@H]4OC(C)(C)O[C@H]43)c2F)cc1)OCC. The Kier molecular flexibility index (Phi) is 11.4. The number of ether oxygens (including phenoxy) is 3. The van der Waals surface area contributed by atoms with Crippen LogP contribution < -0.4 is 5.32 Å². The van der Waals surface area contributed by atoms with Crippen molar-refractivity contribution in [1.82, 2.24) is 14.8 Å². The molecule has 2 saturated heterocycles. The Balaban J connectivity index is 1.17. The molecule has 0 spiro atoms. The number of benzene rings is 2. The number of hydrogen-bond acceptors (Lipinski definition) is 13. The van der Waals surface area contributed by atoms with Crippen molar-refractivity contribution in [3.8, 4) is 0 Å². The van der Waals surface area contributed by atoms with Crippen molar-refractivity contribution in [2.45, 2.75) is 82.3 Å².